The molecular weight excluding hydrogens is 150 g/mol. The van der Waals surface area contributed by atoms with E-state index in [2.05, 4.69) is 17.4 Å². The number of methoxy groups -OCH3 is 1. The highest BCUT2D eigenvalue weighted by Crippen LogP contribution is 2.20. The Morgan fingerprint density at radius 1 is 1.50 bits per heavy atom. The fraction of sp³-hybridized carbons (Fsp3) is 0.400. The molecule has 0 saturated carbocycles. The van der Waals surface area contributed by atoms with Crippen LogP contribution in [0.15, 0.2) is 24.3 Å². The third kappa shape index (κ3) is 1.59. The Balaban J connectivity index is 2.15. The average Bonchev–Trinajstić information content (AvgIpc) is 2.89. The molecule has 2 heteroatoms. The fourth-order valence-electron chi connectivity index (χ4n) is 1.36. The van der Waals surface area contributed by atoms with Gasteiger partial charge < -0.3 is 10.1 Å². The van der Waals surface area contributed by atoms with Crippen molar-refractivity contribution >= 4 is 0 Å². The Bertz CT molecular complexity index is 268. The van der Waals surface area contributed by atoms with Gasteiger partial charge in [-0.2, -0.15) is 0 Å². The van der Waals surface area contributed by atoms with Gasteiger partial charge in [-0.15, -0.1) is 0 Å². The lowest BCUT2D eigenvalue weighted by molar-refractivity contribution is 0.409. The van der Waals surface area contributed by atoms with Crippen molar-refractivity contribution in [2.45, 2.75) is 12.5 Å². The molecule has 0 radical (unpaired) electrons. The van der Waals surface area contributed by atoms with Gasteiger partial charge in [0.1, 0.15) is 5.75 Å². The predicted octanol–water partition coefficient (Wildman–Crippen LogP) is 1.21. The van der Waals surface area contributed by atoms with E-state index in [-0.39, 0.29) is 0 Å². The van der Waals surface area contributed by atoms with E-state index in [0.717, 1.165) is 18.7 Å². The van der Waals surface area contributed by atoms with Crippen molar-refractivity contribution in [1.82, 2.24) is 5.32 Å². The van der Waals surface area contributed by atoms with Crippen molar-refractivity contribution in [3.63, 3.8) is 0 Å². The Hall–Kier alpha value is -1.02. The molecule has 12 heavy (non-hydrogen) atoms. The predicted molar refractivity (Wildman–Crippen MR) is 48.5 cm³/mol. The normalized spacial score (nSPS) is 20.6. The molecule has 0 amide bonds. The van der Waals surface area contributed by atoms with Crippen molar-refractivity contribution in [1.29, 1.82) is 0 Å². The van der Waals surface area contributed by atoms with Crippen molar-refractivity contribution in [2.24, 2.45) is 0 Å². The molecule has 1 fully saturated rings. The molecule has 2 rings (SSSR count). The maximum Gasteiger partial charge on any atom is 0.122 e. The summed E-state index contributed by atoms with van der Waals surface area (Å²) in [5, 5.41) is 3.28. The summed E-state index contributed by atoms with van der Waals surface area (Å²) in [6.45, 7) is 1.15. The highest BCUT2D eigenvalue weighted by Gasteiger charge is 2.21. The molecular formula is C10H13NO. The molecule has 1 aromatic carbocycles. The molecule has 0 aliphatic carbocycles. The van der Waals surface area contributed by atoms with Crippen LogP contribution in [0.4, 0.5) is 0 Å². The van der Waals surface area contributed by atoms with Crippen LogP contribution >= 0.6 is 0 Å². The van der Waals surface area contributed by atoms with Gasteiger partial charge in [-0.3, -0.25) is 0 Å². The van der Waals surface area contributed by atoms with Gasteiger partial charge in [0, 0.05) is 12.6 Å². The first kappa shape index (κ1) is 7.62. The first-order chi connectivity index (χ1) is 5.90. The molecule has 1 aliphatic rings. The lowest BCUT2D eigenvalue weighted by Gasteiger charge is -2.05. The Morgan fingerprint density at radius 3 is 2.92 bits per heavy atom. The van der Waals surface area contributed by atoms with Gasteiger partial charge in [0.15, 0.2) is 0 Å². The second-order valence-electron chi connectivity index (χ2n) is 3.12. The van der Waals surface area contributed by atoms with Crippen LogP contribution in [0.3, 0.4) is 0 Å². The molecule has 0 spiro atoms. The average molecular weight is 163 g/mol. The van der Waals surface area contributed by atoms with Gasteiger partial charge in [-0.05, 0) is 18.1 Å². The first-order valence-electron chi connectivity index (χ1n) is 4.25. The van der Waals surface area contributed by atoms with E-state index in [4.69, 9.17) is 4.74 Å². The highest BCUT2D eigenvalue weighted by atomic mass is 16.5. The maximum absolute atomic E-state index is 5.25. The molecule has 1 N–H and O–H groups in total. The van der Waals surface area contributed by atoms with E-state index in [1.807, 2.05) is 12.1 Å². The van der Waals surface area contributed by atoms with E-state index < -0.39 is 0 Å². The largest absolute Gasteiger partial charge is 0.496 e. The number of hydrogen-bond donors (Lipinski definition) is 1. The van der Waals surface area contributed by atoms with Crippen LogP contribution in [0.2, 0.25) is 0 Å². The van der Waals surface area contributed by atoms with Crippen molar-refractivity contribution in [3.05, 3.63) is 29.8 Å². The van der Waals surface area contributed by atoms with Crippen molar-refractivity contribution < 1.29 is 4.74 Å². The number of rotatable bonds is 3. The minimum absolute atomic E-state index is 0.682. The highest BCUT2D eigenvalue weighted by molar-refractivity contribution is 5.34. The van der Waals surface area contributed by atoms with Gasteiger partial charge in [-0.25, -0.2) is 0 Å². The lowest BCUT2D eigenvalue weighted by atomic mass is 10.1. The van der Waals surface area contributed by atoms with Gasteiger partial charge >= 0.3 is 0 Å². The molecule has 64 valence electrons. The molecule has 0 aromatic heterocycles. The van der Waals surface area contributed by atoms with E-state index in [1.54, 1.807) is 7.11 Å². The number of ether oxygens (including phenoxy) is 1. The van der Waals surface area contributed by atoms with Gasteiger partial charge in [0.25, 0.3) is 0 Å². The summed E-state index contributed by atoms with van der Waals surface area (Å²) in [5.74, 6) is 1.01. The van der Waals surface area contributed by atoms with Gasteiger partial charge in [0.2, 0.25) is 0 Å². The van der Waals surface area contributed by atoms with Gasteiger partial charge in [-0.1, -0.05) is 18.2 Å². The molecule has 1 saturated heterocycles. The number of benzene rings is 1. The molecule has 1 heterocycles. The topological polar surface area (TPSA) is 31.2 Å². The third-order valence-corrected chi connectivity index (χ3v) is 2.15. The summed E-state index contributed by atoms with van der Waals surface area (Å²) in [6.07, 6.45) is 1.09. The number of hydrogen-bond acceptors (Lipinski definition) is 2. The fourth-order valence-corrected chi connectivity index (χ4v) is 1.36. The smallest absolute Gasteiger partial charge is 0.122 e. The van der Waals surface area contributed by atoms with Gasteiger partial charge in [0.05, 0.1) is 7.11 Å². The summed E-state index contributed by atoms with van der Waals surface area (Å²) < 4.78 is 5.25. The summed E-state index contributed by atoms with van der Waals surface area (Å²) in [7, 11) is 1.72. The molecule has 1 aliphatic heterocycles. The Morgan fingerprint density at radius 2 is 2.25 bits per heavy atom. The summed E-state index contributed by atoms with van der Waals surface area (Å²) in [4.78, 5) is 0. The van der Waals surface area contributed by atoms with Crippen LogP contribution in [-0.4, -0.2) is 19.7 Å². The standard InChI is InChI=1S/C10H13NO/c1-12-10-5-3-2-4-8(10)6-9-7-11-9/h2-5,9,11H,6-7H2,1H3. The summed E-state index contributed by atoms with van der Waals surface area (Å²) in [5.41, 5.74) is 1.30. The second kappa shape index (κ2) is 3.15. The minimum atomic E-state index is 0.682. The third-order valence-electron chi connectivity index (χ3n) is 2.15. The molecule has 0 bridgehead atoms. The second-order valence-corrected chi connectivity index (χ2v) is 3.12. The number of para-hydroxylation sites is 1. The van der Waals surface area contributed by atoms with Crippen LogP contribution in [-0.2, 0) is 6.42 Å². The zero-order chi connectivity index (χ0) is 8.39. The summed E-state index contributed by atoms with van der Waals surface area (Å²) >= 11 is 0. The first-order valence-corrected chi connectivity index (χ1v) is 4.25. The quantitative estimate of drug-likeness (QED) is 0.679. The van der Waals surface area contributed by atoms with E-state index in [1.165, 1.54) is 5.56 Å². The van der Waals surface area contributed by atoms with Crippen LogP contribution in [0.25, 0.3) is 0 Å². The van der Waals surface area contributed by atoms with E-state index in [9.17, 15) is 0 Å². The monoisotopic (exact) mass is 163 g/mol. The van der Waals surface area contributed by atoms with E-state index in [0.29, 0.717) is 6.04 Å². The van der Waals surface area contributed by atoms with Crippen LogP contribution < -0.4 is 10.1 Å². The van der Waals surface area contributed by atoms with Crippen LogP contribution in [0.5, 0.6) is 5.75 Å². The SMILES string of the molecule is COc1ccccc1CC1CN1. The van der Waals surface area contributed by atoms with Crippen LogP contribution in [0.1, 0.15) is 5.56 Å². The zero-order valence-corrected chi connectivity index (χ0v) is 7.21. The van der Waals surface area contributed by atoms with Crippen molar-refractivity contribution in [3.8, 4) is 5.75 Å². The van der Waals surface area contributed by atoms with Crippen molar-refractivity contribution in [2.75, 3.05) is 13.7 Å². The molecule has 1 atom stereocenters. The molecule has 1 unspecified atom stereocenters. The van der Waals surface area contributed by atoms with Crippen LogP contribution in [0, 0.1) is 0 Å². The molecule has 1 aromatic rings. The number of nitrogens with one attached hydrogen (secondary N) is 1. The maximum atomic E-state index is 5.25. The molecule has 2 nitrogen and oxygen atoms in total. The summed E-state index contributed by atoms with van der Waals surface area (Å²) in [6, 6.07) is 8.88. The minimum Gasteiger partial charge on any atom is -0.496 e. The Kier molecular flexibility index (Phi) is 2.00. The van der Waals surface area contributed by atoms with E-state index >= 15 is 0 Å². The zero-order valence-electron chi connectivity index (χ0n) is 7.21. The Labute approximate surface area is 72.5 Å². The lowest BCUT2D eigenvalue weighted by Crippen LogP contribution is -1.99.